The van der Waals surface area contributed by atoms with Crippen LogP contribution in [0, 0.1) is 28.6 Å². The zero-order chi connectivity index (χ0) is 20.5. The van der Waals surface area contributed by atoms with E-state index in [-0.39, 0.29) is 23.3 Å². The van der Waals surface area contributed by atoms with Gasteiger partial charge in [-0.15, -0.1) is 0 Å². The van der Waals surface area contributed by atoms with Gasteiger partial charge in [0.1, 0.15) is 11.8 Å². The Hall–Kier alpha value is -2.32. The van der Waals surface area contributed by atoms with E-state index in [2.05, 4.69) is 44.7 Å². The number of rotatable bonds is 5. The van der Waals surface area contributed by atoms with Crippen molar-refractivity contribution in [3.8, 4) is 11.8 Å². The topological polar surface area (TPSA) is 56.6 Å². The van der Waals surface area contributed by atoms with Crippen LogP contribution in [0.25, 0.3) is 0 Å². The monoisotopic (exact) mass is 381 g/mol. The fourth-order valence-corrected chi connectivity index (χ4v) is 4.37. The number of allylic oxidation sites excluding steroid dienone is 2. The van der Waals surface area contributed by atoms with E-state index in [1.807, 2.05) is 29.2 Å². The minimum atomic E-state index is -0.293. The zero-order valence-corrected chi connectivity index (χ0v) is 17.6. The van der Waals surface area contributed by atoms with E-state index < -0.39 is 0 Å². The Morgan fingerprint density at radius 3 is 2.32 bits per heavy atom. The number of amides is 1. The number of hydrogen-bond donors (Lipinski definition) is 0. The highest BCUT2D eigenvalue weighted by molar-refractivity contribution is 5.84. The second kappa shape index (κ2) is 7.97. The van der Waals surface area contributed by atoms with Crippen molar-refractivity contribution in [2.24, 2.45) is 17.3 Å². The zero-order valence-electron chi connectivity index (χ0n) is 17.6. The summed E-state index contributed by atoms with van der Waals surface area (Å²) in [7, 11) is 1.64. The minimum absolute atomic E-state index is 0.0454. The van der Waals surface area contributed by atoms with Crippen LogP contribution in [-0.4, -0.2) is 49.0 Å². The second-order valence-corrected chi connectivity index (χ2v) is 8.73. The van der Waals surface area contributed by atoms with E-state index in [9.17, 15) is 10.1 Å². The van der Waals surface area contributed by atoms with Crippen LogP contribution in [0.4, 0.5) is 0 Å². The predicted octanol–water partition coefficient (Wildman–Crippen LogP) is 3.64. The molecule has 1 aliphatic carbocycles. The Morgan fingerprint density at radius 1 is 1.21 bits per heavy atom. The van der Waals surface area contributed by atoms with Gasteiger partial charge < -0.3 is 9.64 Å². The maximum Gasteiger partial charge on any atom is 0.226 e. The molecule has 28 heavy (non-hydrogen) atoms. The number of nitrogens with zero attached hydrogens (tertiary/aromatic N) is 3. The molecule has 5 nitrogen and oxygen atoms in total. The van der Waals surface area contributed by atoms with Crippen molar-refractivity contribution < 1.29 is 9.53 Å². The number of carbonyl (C=O) groups is 1. The molecule has 0 N–H and O–H groups in total. The lowest BCUT2D eigenvalue weighted by Crippen LogP contribution is -2.50. The number of methoxy groups -OCH3 is 1. The van der Waals surface area contributed by atoms with E-state index in [0.717, 1.165) is 24.4 Å². The third-order valence-electron chi connectivity index (χ3n) is 6.23. The highest BCUT2D eigenvalue weighted by atomic mass is 16.5. The Bertz CT molecular complexity index is 779. The molecule has 3 rings (SSSR count). The number of benzene rings is 1. The first-order valence-electron chi connectivity index (χ1n) is 10.0. The summed E-state index contributed by atoms with van der Waals surface area (Å²) in [6.07, 6.45) is 2.24. The molecule has 1 saturated carbocycles. The van der Waals surface area contributed by atoms with Gasteiger partial charge in [0.05, 0.1) is 19.1 Å². The summed E-state index contributed by atoms with van der Waals surface area (Å²) >= 11 is 0. The molecule has 1 aromatic rings. The quantitative estimate of drug-likeness (QED) is 0.731. The molecule has 0 radical (unpaired) electrons. The lowest BCUT2D eigenvalue weighted by molar-refractivity contribution is -0.135. The second-order valence-electron chi connectivity index (χ2n) is 8.73. The Labute approximate surface area is 168 Å². The lowest BCUT2D eigenvalue weighted by atomic mass is 10.0. The molecule has 3 atom stereocenters. The third kappa shape index (κ3) is 3.93. The number of nitriles is 1. The van der Waals surface area contributed by atoms with Crippen LogP contribution in [0.2, 0.25) is 0 Å². The largest absolute Gasteiger partial charge is 0.497 e. The van der Waals surface area contributed by atoms with E-state index in [1.54, 1.807) is 7.11 Å². The highest BCUT2D eigenvalue weighted by Crippen LogP contribution is 2.60. The van der Waals surface area contributed by atoms with Crippen molar-refractivity contribution in [2.45, 2.75) is 33.7 Å². The van der Waals surface area contributed by atoms with Crippen molar-refractivity contribution in [3.05, 3.63) is 41.5 Å². The molecule has 0 aromatic heterocycles. The molecule has 5 heteroatoms. The molecule has 1 saturated heterocycles. The molecule has 1 aromatic carbocycles. The van der Waals surface area contributed by atoms with Gasteiger partial charge in [-0.3, -0.25) is 9.69 Å². The molecule has 0 bridgehead atoms. The van der Waals surface area contributed by atoms with Crippen molar-refractivity contribution >= 4 is 5.91 Å². The number of carbonyl (C=O) groups excluding carboxylic acids is 1. The SMILES string of the molecule is COc1ccc(C(C#N)N2CCN(C(=O)C3C(C=C(C)C)C3(C)C)CC2)cc1. The van der Waals surface area contributed by atoms with Gasteiger partial charge >= 0.3 is 0 Å². The summed E-state index contributed by atoms with van der Waals surface area (Å²) in [6, 6.07) is 9.79. The first-order chi connectivity index (χ1) is 13.3. The van der Waals surface area contributed by atoms with Crippen molar-refractivity contribution in [1.29, 1.82) is 5.26 Å². The first-order valence-corrected chi connectivity index (χ1v) is 10.0. The van der Waals surface area contributed by atoms with Gasteiger partial charge in [0, 0.05) is 26.2 Å². The molecule has 1 heterocycles. The van der Waals surface area contributed by atoms with Gasteiger partial charge in [0.25, 0.3) is 0 Å². The summed E-state index contributed by atoms with van der Waals surface area (Å²) in [4.78, 5) is 17.2. The lowest BCUT2D eigenvalue weighted by Gasteiger charge is -2.37. The van der Waals surface area contributed by atoms with E-state index >= 15 is 0 Å². The summed E-state index contributed by atoms with van der Waals surface area (Å²) in [5.41, 5.74) is 2.29. The molecule has 2 fully saturated rings. The minimum Gasteiger partial charge on any atom is -0.497 e. The molecule has 0 spiro atoms. The Kier molecular flexibility index (Phi) is 5.81. The molecule has 1 aliphatic heterocycles. The fraction of sp³-hybridized carbons (Fsp3) is 0.565. The summed E-state index contributed by atoms with van der Waals surface area (Å²) in [5, 5.41) is 9.71. The standard InChI is InChI=1S/C23H31N3O2/c1-16(2)14-19-21(23(19,3)4)22(27)26-12-10-25(11-13-26)20(15-24)17-6-8-18(28-5)9-7-17/h6-9,14,19-21H,10-13H2,1-5H3. The maximum absolute atomic E-state index is 13.1. The van der Waals surface area contributed by atoms with E-state index in [4.69, 9.17) is 4.74 Å². The van der Waals surface area contributed by atoms with Crippen LogP contribution >= 0.6 is 0 Å². The predicted molar refractivity (Wildman–Crippen MR) is 110 cm³/mol. The summed E-state index contributed by atoms with van der Waals surface area (Å²) in [6.45, 7) is 11.4. The van der Waals surface area contributed by atoms with Gasteiger partial charge in [-0.25, -0.2) is 0 Å². The van der Waals surface area contributed by atoms with Crippen molar-refractivity contribution in [3.63, 3.8) is 0 Å². The molecule has 2 aliphatic rings. The average molecular weight is 382 g/mol. The molecule has 150 valence electrons. The summed E-state index contributed by atoms with van der Waals surface area (Å²) < 4.78 is 5.20. The Morgan fingerprint density at radius 2 is 1.82 bits per heavy atom. The van der Waals surface area contributed by atoms with E-state index in [1.165, 1.54) is 5.57 Å². The van der Waals surface area contributed by atoms with Crippen LogP contribution in [0.1, 0.15) is 39.3 Å². The average Bonchev–Trinajstić information content (AvgIpc) is 3.22. The smallest absolute Gasteiger partial charge is 0.226 e. The van der Waals surface area contributed by atoms with Gasteiger partial charge in [-0.1, -0.05) is 37.6 Å². The van der Waals surface area contributed by atoms with Crippen LogP contribution < -0.4 is 4.74 Å². The number of hydrogen-bond acceptors (Lipinski definition) is 4. The van der Waals surface area contributed by atoms with Crippen LogP contribution in [0.3, 0.4) is 0 Å². The third-order valence-corrected chi connectivity index (χ3v) is 6.23. The van der Waals surface area contributed by atoms with Gasteiger partial charge in [-0.2, -0.15) is 5.26 Å². The first kappa shape index (κ1) is 20.4. The van der Waals surface area contributed by atoms with Crippen LogP contribution in [-0.2, 0) is 4.79 Å². The molecular formula is C23H31N3O2. The van der Waals surface area contributed by atoms with Gasteiger partial charge in [0.2, 0.25) is 5.91 Å². The molecule has 1 amide bonds. The Balaban J connectivity index is 1.61. The highest BCUT2D eigenvalue weighted by Gasteiger charge is 2.61. The van der Waals surface area contributed by atoms with Gasteiger partial charge in [0.15, 0.2) is 0 Å². The van der Waals surface area contributed by atoms with Gasteiger partial charge in [-0.05, 0) is 42.9 Å². The van der Waals surface area contributed by atoms with Crippen LogP contribution in [0.5, 0.6) is 5.75 Å². The fourth-order valence-electron chi connectivity index (χ4n) is 4.37. The van der Waals surface area contributed by atoms with Crippen LogP contribution in [0.15, 0.2) is 35.9 Å². The number of piperazine rings is 1. The molecule has 3 unspecified atom stereocenters. The normalized spacial score (nSPS) is 24.8. The maximum atomic E-state index is 13.1. The van der Waals surface area contributed by atoms with E-state index in [0.29, 0.717) is 19.0 Å². The van der Waals surface area contributed by atoms with Crippen molar-refractivity contribution in [2.75, 3.05) is 33.3 Å². The number of ether oxygens (including phenoxy) is 1. The molecular weight excluding hydrogens is 350 g/mol. The van der Waals surface area contributed by atoms with Crippen molar-refractivity contribution in [1.82, 2.24) is 9.80 Å². The summed E-state index contributed by atoms with van der Waals surface area (Å²) in [5.74, 6) is 1.48.